The number of hydrogen-bond donors (Lipinski definition) is 1. The van der Waals surface area contributed by atoms with E-state index in [0.717, 1.165) is 16.1 Å². The molecule has 0 saturated carbocycles. The molecule has 0 radical (unpaired) electrons. The molecule has 1 N–H and O–H groups in total. The largest absolute Gasteiger partial charge is 0.497 e. The number of amides is 1. The lowest BCUT2D eigenvalue weighted by Crippen LogP contribution is -2.29. The number of carbonyl (C=O) groups is 1. The van der Waals surface area contributed by atoms with Crippen LogP contribution in [0.4, 0.5) is 5.69 Å². The van der Waals surface area contributed by atoms with Crippen molar-refractivity contribution in [1.82, 2.24) is 5.32 Å². The summed E-state index contributed by atoms with van der Waals surface area (Å²) in [6.45, 7) is 3.57. The number of rotatable bonds is 7. The molecule has 0 unspecified atom stereocenters. The Balaban J connectivity index is 2.33. The molecule has 7 nitrogen and oxygen atoms in total. The van der Waals surface area contributed by atoms with Gasteiger partial charge in [-0.2, -0.15) is 0 Å². The fourth-order valence-corrected chi connectivity index (χ4v) is 3.47. The first kappa shape index (κ1) is 21.6. The quantitative estimate of drug-likeness (QED) is 0.764. The van der Waals surface area contributed by atoms with E-state index < -0.39 is 10.0 Å². The maximum absolute atomic E-state index is 12.9. The Kier molecular flexibility index (Phi) is 6.56. The third-order valence-corrected chi connectivity index (χ3v) is 5.83. The van der Waals surface area contributed by atoms with Gasteiger partial charge in [-0.1, -0.05) is 6.07 Å². The molecule has 0 aliphatic rings. The Morgan fingerprint density at radius 2 is 1.82 bits per heavy atom. The van der Waals surface area contributed by atoms with Gasteiger partial charge in [-0.15, -0.1) is 0 Å². The molecule has 1 atom stereocenters. The number of hydrogen-bond acceptors (Lipinski definition) is 5. The second-order valence-corrected chi connectivity index (χ2v) is 8.50. The molecule has 0 fully saturated rings. The smallest absolute Gasteiger partial charge is 0.252 e. The predicted molar refractivity (Wildman–Crippen MR) is 110 cm³/mol. The molecule has 0 aliphatic heterocycles. The van der Waals surface area contributed by atoms with Gasteiger partial charge in [-0.25, -0.2) is 8.42 Å². The van der Waals surface area contributed by atoms with Crippen molar-refractivity contribution in [3.63, 3.8) is 0 Å². The van der Waals surface area contributed by atoms with E-state index >= 15 is 0 Å². The Labute approximate surface area is 166 Å². The molecule has 0 spiro atoms. The Morgan fingerprint density at radius 3 is 2.39 bits per heavy atom. The third kappa shape index (κ3) is 4.56. The monoisotopic (exact) mass is 406 g/mol. The molecule has 0 heterocycles. The highest BCUT2D eigenvalue weighted by atomic mass is 32.2. The van der Waals surface area contributed by atoms with E-state index in [-0.39, 0.29) is 11.9 Å². The summed E-state index contributed by atoms with van der Waals surface area (Å²) < 4.78 is 35.5. The van der Waals surface area contributed by atoms with Gasteiger partial charge in [-0.05, 0) is 49.7 Å². The van der Waals surface area contributed by atoms with Gasteiger partial charge >= 0.3 is 0 Å². The number of ether oxygens (including phenoxy) is 2. The van der Waals surface area contributed by atoms with Crippen LogP contribution in [0, 0.1) is 6.92 Å². The van der Waals surface area contributed by atoms with Crippen LogP contribution in [0.3, 0.4) is 0 Å². The molecule has 2 rings (SSSR count). The van der Waals surface area contributed by atoms with E-state index in [1.807, 2.05) is 13.0 Å². The van der Waals surface area contributed by atoms with Crippen LogP contribution in [-0.4, -0.2) is 41.8 Å². The van der Waals surface area contributed by atoms with Gasteiger partial charge in [0.25, 0.3) is 5.91 Å². The SMILES string of the molecule is COc1ccc(OC)c([C@@H](C)NC(=O)c2cccc(N(C)S(C)(=O)=O)c2C)c1. The van der Waals surface area contributed by atoms with Gasteiger partial charge in [0.05, 0.1) is 32.2 Å². The zero-order valence-corrected chi connectivity index (χ0v) is 17.8. The summed E-state index contributed by atoms with van der Waals surface area (Å²) in [4.78, 5) is 12.9. The highest BCUT2D eigenvalue weighted by Crippen LogP contribution is 2.30. The predicted octanol–water partition coefficient (Wildman–Crippen LogP) is 2.90. The lowest BCUT2D eigenvalue weighted by molar-refractivity contribution is 0.0939. The first-order valence-electron chi connectivity index (χ1n) is 8.66. The molecule has 0 bridgehead atoms. The van der Waals surface area contributed by atoms with Crippen LogP contribution < -0.4 is 19.1 Å². The van der Waals surface area contributed by atoms with E-state index in [4.69, 9.17) is 9.47 Å². The second-order valence-electron chi connectivity index (χ2n) is 6.48. The average Bonchev–Trinajstić information content (AvgIpc) is 2.66. The third-order valence-electron chi connectivity index (χ3n) is 4.64. The van der Waals surface area contributed by atoms with Gasteiger partial charge in [0.1, 0.15) is 11.5 Å². The van der Waals surface area contributed by atoms with Gasteiger partial charge in [0.15, 0.2) is 0 Å². The second kappa shape index (κ2) is 8.52. The normalized spacial score (nSPS) is 12.2. The minimum absolute atomic E-state index is 0.307. The molecule has 0 aromatic heterocycles. The molecule has 1 amide bonds. The number of nitrogens with one attached hydrogen (secondary N) is 1. The van der Waals surface area contributed by atoms with E-state index in [2.05, 4.69) is 5.32 Å². The first-order valence-corrected chi connectivity index (χ1v) is 10.5. The highest BCUT2D eigenvalue weighted by molar-refractivity contribution is 7.92. The maximum Gasteiger partial charge on any atom is 0.252 e. The van der Waals surface area contributed by atoms with Crippen LogP contribution in [0.2, 0.25) is 0 Å². The fourth-order valence-electron chi connectivity index (χ4n) is 2.92. The van der Waals surface area contributed by atoms with Gasteiger partial charge in [0, 0.05) is 18.2 Å². The molecule has 0 saturated heterocycles. The van der Waals surface area contributed by atoms with E-state index in [9.17, 15) is 13.2 Å². The minimum atomic E-state index is -3.43. The molecular weight excluding hydrogens is 380 g/mol. The lowest BCUT2D eigenvalue weighted by Gasteiger charge is -2.22. The summed E-state index contributed by atoms with van der Waals surface area (Å²) in [5.74, 6) is 0.986. The zero-order valence-electron chi connectivity index (χ0n) is 16.9. The fraction of sp³-hybridized carbons (Fsp3) is 0.350. The van der Waals surface area contributed by atoms with E-state index in [0.29, 0.717) is 28.3 Å². The van der Waals surface area contributed by atoms with Crippen LogP contribution >= 0.6 is 0 Å². The Hall–Kier alpha value is -2.74. The summed E-state index contributed by atoms with van der Waals surface area (Å²) in [5, 5.41) is 2.94. The highest BCUT2D eigenvalue weighted by Gasteiger charge is 2.21. The molecule has 2 aromatic rings. The Morgan fingerprint density at radius 1 is 1.14 bits per heavy atom. The topological polar surface area (TPSA) is 84.9 Å². The summed E-state index contributed by atoms with van der Waals surface area (Å²) in [5.41, 5.74) is 2.22. The van der Waals surface area contributed by atoms with Crippen molar-refractivity contribution in [2.45, 2.75) is 19.9 Å². The zero-order chi connectivity index (χ0) is 21.1. The Bertz CT molecular complexity index is 973. The molecule has 8 heteroatoms. The van der Waals surface area contributed by atoms with Crippen molar-refractivity contribution < 1.29 is 22.7 Å². The van der Waals surface area contributed by atoms with Crippen LogP contribution in [0.1, 0.15) is 34.5 Å². The summed E-state index contributed by atoms with van der Waals surface area (Å²) in [7, 11) is 1.16. The van der Waals surface area contributed by atoms with Crippen molar-refractivity contribution >= 4 is 21.6 Å². The standard InChI is InChI=1S/C20H26N2O5S/c1-13-16(8-7-9-18(13)22(3)28(6,24)25)20(23)21-14(2)17-12-15(26-4)10-11-19(17)27-5/h7-12,14H,1-6H3,(H,21,23)/t14-/m1/s1. The molecular formula is C20H26N2O5S. The van der Waals surface area contributed by atoms with E-state index in [1.54, 1.807) is 51.5 Å². The summed E-state index contributed by atoms with van der Waals surface area (Å²) >= 11 is 0. The molecule has 28 heavy (non-hydrogen) atoms. The van der Waals surface area contributed by atoms with Crippen molar-refractivity contribution in [3.8, 4) is 11.5 Å². The summed E-state index contributed by atoms with van der Waals surface area (Å²) in [6, 6.07) is 10.0. The van der Waals surface area contributed by atoms with Gasteiger partial charge in [0.2, 0.25) is 10.0 Å². The van der Waals surface area contributed by atoms with Crippen molar-refractivity contribution in [1.29, 1.82) is 0 Å². The van der Waals surface area contributed by atoms with Crippen molar-refractivity contribution in [3.05, 3.63) is 53.1 Å². The van der Waals surface area contributed by atoms with Gasteiger partial charge in [-0.3, -0.25) is 9.10 Å². The number of benzene rings is 2. The van der Waals surface area contributed by atoms with Crippen LogP contribution in [-0.2, 0) is 10.0 Å². The van der Waals surface area contributed by atoms with Crippen LogP contribution in [0.5, 0.6) is 11.5 Å². The van der Waals surface area contributed by atoms with Crippen molar-refractivity contribution in [2.75, 3.05) is 31.8 Å². The molecule has 152 valence electrons. The van der Waals surface area contributed by atoms with Crippen LogP contribution in [0.25, 0.3) is 0 Å². The number of methoxy groups -OCH3 is 2. The number of carbonyl (C=O) groups excluding carboxylic acids is 1. The van der Waals surface area contributed by atoms with Crippen molar-refractivity contribution in [2.24, 2.45) is 0 Å². The summed E-state index contributed by atoms with van der Waals surface area (Å²) in [6.07, 6.45) is 1.12. The number of anilines is 1. The molecule has 2 aromatic carbocycles. The number of sulfonamides is 1. The van der Waals surface area contributed by atoms with Gasteiger partial charge < -0.3 is 14.8 Å². The molecule has 0 aliphatic carbocycles. The number of nitrogens with zero attached hydrogens (tertiary/aromatic N) is 1. The van der Waals surface area contributed by atoms with Crippen LogP contribution in [0.15, 0.2) is 36.4 Å². The van der Waals surface area contributed by atoms with E-state index in [1.165, 1.54) is 7.05 Å². The maximum atomic E-state index is 12.9. The lowest BCUT2D eigenvalue weighted by atomic mass is 10.0. The minimum Gasteiger partial charge on any atom is -0.497 e. The first-order chi connectivity index (χ1) is 13.1. The average molecular weight is 407 g/mol.